The molecule has 1 aliphatic rings. The largest absolute Gasteiger partial charge is 0.359 e. The molecule has 1 rings (SSSR count). The average Bonchev–Trinajstić information content (AvgIpc) is 2.04. The van der Waals surface area contributed by atoms with Gasteiger partial charge >= 0.3 is 0 Å². The highest BCUT2D eigenvalue weighted by molar-refractivity contribution is 5.35. The predicted molar refractivity (Wildman–Crippen MR) is 58.1 cm³/mol. The molecule has 0 amide bonds. The monoisotopic (exact) mass is 173 g/mol. The first kappa shape index (κ1) is 9.59. The minimum Gasteiger partial charge on any atom is -0.359 e. The molecule has 0 atom stereocenters. The van der Waals surface area contributed by atoms with Crippen LogP contribution in [0.2, 0.25) is 0 Å². The van der Waals surface area contributed by atoms with Crippen molar-refractivity contribution in [3.8, 4) is 0 Å². The first-order valence-electron chi connectivity index (χ1n) is 4.34. The standard InChI is InChI=1S/C12H15N/c1-4-6-11-8-10(3)9-12(13-11)7-5-2/h4-8,13H,1-2,9H2,3H3/b11-6+,12-7+. The van der Waals surface area contributed by atoms with Crippen molar-refractivity contribution in [2.24, 2.45) is 0 Å². The smallest absolute Gasteiger partial charge is 0.0381 e. The van der Waals surface area contributed by atoms with Crippen molar-refractivity contribution in [1.29, 1.82) is 0 Å². The molecule has 0 fully saturated rings. The highest BCUT2D eigenvalue weighted by Crippen LogP contribution is 2.17. The molecular weight excluding hydrogens is 158 g/mol. The van der Waals surface area contributed by atoms with E-state index in [1.165, 1.54) is 11.3 Å². The Morgan fingerprint density at radius 3 is 2.62 bits per heavy atom. The van der Waals surface area contributed by atoms with E-state index >= 15 is 0 Å². The minimum absolute atomic E-state index is 0.973. The van der Waals surface area contributed by atoms with E-state index in [0.29, 0.717) is 0 Å². The van der Waals surface area contributed by atoms with Gasteiger partial charge in [-0.05, 0) is 25.2 Å². The van der Waals surface area contributed by atoms with Gasteiger partial charge in [-0.3, -0.25) is 0 Å². The van der Waals surface area contributed by atoms with E-state index in [1.54, 1.807) is 12.2 Å². The molecule has 13 heavy (non-hydrogen) atoms. The van der Waals surface area contributed by atoms with Gasteiger partial charge < -0.3 is 5.32 Å². The summed E-state index contributed by atoms with van der Waals surface area (Å²) in [6, 6.07) is 0. The fraction of sp³-hybridized carbons (Fsp3) is 0.167. The molecule has 0 unspecified atom stereocenters. The van der Waals surface area contributed by atoms with Crippen LogP contribution in [-0.4, -0.2) is 0 Å². The van der Waals surface area contributed by atoms with E-state index in [-0.39, 0.29) is 0 Å². The number of allylic oxidation sites excluding steroid dienone is 6. The van der Waals surface area contributed by atoms with Gasteiger partial charge in [-0.1, -0.05) is 30.9 Å². The summed E-state index contributed by atoms with van der Waals surface area (Å²) >= 11 is 0. The first-order valence-corrected chi connectivity index (χ1v) is 4.34. The summed E-state index contributed by atoms with van der Waals surface area (Å²) in [6.45, 7) is 9.46. The molecule has 0 saturated carbocycles. The second kappa shape index (κ2) is 4.51. The Bertz CT molecular complexity index is 303. The zero-order valence-corrected chi connectivity index (χ0v) is 8.01. The van der Waals surface area contributed by atoms with Gasteiger partial charge in [-0.15, -0.1) is 0 Å². The molecule has 68 valence electrons. The summed E-state index contributed by atoms with van der Waals surface area (Å²) in [5.74, 6) is 0. The van der Waals surface area contributed by atoms with E-state index in [0.717, 1.165) is 12.1 Å². The van der Waals surface area contributed by atoms with Crippen molar-refractivity contribution in [2.75, 3.05) is 0 Å². The fourth-order valence-corrected chi connectivity index (χ4v) is 1.34. The van der Waals surface area contributed by atoms with Crippen LogP contribution in [0, 0.1) is 0 Å². The molecule has 0 bridgehead atoms. The third-order valence-electron chi connectivity index (χ3n) is 1.79. The first-order chi connectivity index (χ1) is 6.26. The highest BCUT2D eigenvalue weighted by atomic mass is 14.9. The second-order valence-corrected chi connectivity index (χ2v) is 3.08. The van der Waals surface area contributed by atoms with Gasteiger partial charge in [-0.2, -0.15) is 0 Å². The van der Waals surface area contributed by atoms with Crippen molar-refractivity contribution in [2.45, 2.75) is 13.3 Å². The zero-order valence-electron chi connectivity index (χ0n) is 8.01. The Balaban J connectivity index is 2.89. The van der Waals surface area contributed by atoms with E-state index in [1.807, 2.05) is 12.2 Å². The van der Waals surface area contributed by atoms with Crippen molar-refractivity contribution >= 4 is 0 Å². The molecular formula is C12H15N. The van der Waals surface area contributed by atoms with Crippen molar-refractivity contribution in [1.82, 2.24) is 5.32 Å². The van der Waals surface area contributed by atoms with Gasteiger partial charge in [0.25, 0.3) is 0 Å². The maximum atomic E-state index is 3.68. The Labute approximate surface area is 79.8 Å². The topological polar surface area (TPSA) is 12.0 Å². The number of rotatable bonds is 2. The van der Waals surface area contributed by atoms with Crippen LogP contribution in [-0.2, 0) is 0 Å². The van der Waals surface area contributed by atoms with E-state index in [9.17, 15) is 0 Å². The summed E-state index contributed by atoms with van der Waals surface area (Å²) in [6.07, 6.45) is 10.6. The maximum Gasteiger partial charge on any atom is 0.0381 e. The van der Waals surface area contributed by atoms with Crippen LogP contribution in [0.25, 0.3) is 0 Å². The van der Waals surface area contributed by atoms with Crippen molar-refractivity contribution in [3.63, 3.8) is 0 Å². The SMILES string of the molecule is C=C/C=C1\C=C(C)C/C(=C\C=C)N1. The summed E-state index contributed by atoms with van der Waals surface area (Å²) in [5, 5.41) is 3.29. The minimum atomic E-state index is 0.973. The molecule has 0 aliphatic carbocycles. The quantitative estimate of drug-likeness (QED) is 0.676. The fourth-order valence-electron chi connectivity index (χ4n) is 1.34. The van der Waals surface area contributed by atoms with Crippen molar-refractivity contribution in [3.05, 3.63) is 60.5 Å². The number of hydrogen-bond acceptors (Lipinski definition) is 1. The summed E-state index contributed by atoms with van der Waals surface area (Å²) in [7, 11) is 0. The molecule has 1 nitrogen and oxygen atoms in total. The van der Waals surface area contributed by atoms with E-state index in [2.05, 4.69) is 31.5 Å². The van der Waals surface area contributed by atoms with Crippen LogP contribution in [0.4, 0.5) is 0 Å². The van der Waals surface area contributed by atoms with Gasteiger partial charge in [0.05, 0.1) is 0 Å². The van der Waals surface area contributed by atoms with Gasteiger partial charge in [0, 0.05) is 17.8 Å². The van der Waals surface area contributed by atoms with Gasteiger partial charge in [-0.25, -0.2) is 0 Å². The third-order valence-corrected chi connectivity index (χ3v) is 1.79. The highest BCUT2D eigenvalue weighted by Gasteiger charge is 2.05. The summed E-state index contributed by atoms with van der Waals surface area (Å²) in [4.78, 5) is 0. The Kier molecular flexibility index (Phi) is 3.32. The lowest BCUT2D eigenvalue weighted by Crippen LogP contribution is -2.16. The third kappa shape index (κ3) is 2.79. The Hall–Kier alpha value is -1.50. The molecule has 0 radical (unpaired) electrons. The van der Waals surface area contributed by atoms with Gasteiger partial charge in [0.15, 0.2) is 0 Å². The lowest BCUT2D eigenvalue weighted by Gasteiger charge is -2.18. The lowest BCUT2D eigenvalue weighted by molar-refractivity contribution is 0.884. The number of hydrogen-bond donors (Lipinski definition) is 1. The van der Waals surface area contributed by atoms with Gasteiger partial charge in [0.1, 0.15) is 0 Å². The van der Waals surface area contributed by atoms with Crippen LogP contribution in [0.15, 0.2) is 60.5 Å². The molecule has 0 aromatic carbocycles. The van der Waals surface area contributed by atoms with Crippen LogP contribution < -0.4 is 5.32 Å². The molecule has 1 N–H and O–H groups in total. The van der Waals surface area contributed by atoms with Crippen LogP contribution in [0.5, 0.6) is 0 Å². The molecule has 0 saturated heterocycles. The summed E-state index contributed by atoms with van der Waals surface area (Å²) < 4.78 is 0. The normalized spacial score (nSPS) is 22.4. The summed E-state index contributed by atoms with van der Waals surface area (Å²) in [5.41, 5.74) is 3.62. The molecule has 0 aromatic rings. The predicted octanol–water partition coefficient (Wildman–Crippen LogP) is 3.07. The van der Waals surface area contributed by atoms with Crippen molar-refractivity contribution < 1.29 is 0 Å². The Morgan fingerprint density at radius 2 is 2.00 bits per heavy atom. The number of nitrogens with one attached hydrogen (secondary N) is 1. The Morgan fingerprint density at radius 1 is 1.31 bits per heavy atom. The van der Waals surface area contributed by atoms with E-state index < -0.39 is 0 Å². The average molecular weight is 173 g/mol. The maximum absolute atomic E-state index is 3.68. The van der Waals surface area contributed by atoms with Crippen LogP contribution in [0.1, 0.15) is 13.3 Å². The molecule has 1 heteroatoms. The molecule has 0 aromatic heterocycles. The van der Waals surface area contributed by atoms with E-state index in [4.69, 9.17) is 0 Å². The molecule has 0 spiro atoms. The second-order valence-electron chi connectivity index (χ2n) is 3.08. The van der Waals surface area contributed by atoms with Gasteiger partial charge in [0.2, 0.25) is 0 Å². The van der Waals surface area contributed by atoms with Crippen LogP contribution in [0.3, 0.4) is 0 Å². The lowest BCUT2D eigenvalue weighted by atomic mass is 10.1. The zero-order chi connectivity index (χ0) is 9.68. The molecule has 1 heterocycles. The van der Waals surface area contributed by atoms with Crippen LogP contribution >= 0.6 is 0 Å². The molecule has 1 aliphatic heterocycles.